The summed E-state index contributed by atoms with van der Waals surface area (Å²) in [6.07, 6.45) is 0.251. The molecular weight excluding hydrogens is 382 g/mol. The maximum Gasteiger partial charge on any atom is 0.261 e. The first-order valence-corrected chi connectivity index (χ1v) is 10.2. The molecule has 8 nitrogen and oxygen atoms in total. The van der Waals surface area contributed by atoms with Crippen molar-refractivity contribution in [2.45, 2.75) is 32.1 Å². The molecular formula is C19H23N3O5S. The molecule has 0 saturated carbocycles. The Morgan fingerprint density at radius 2 is 1.61 bits per heavy atom. The summed E-state index contributed by atoms with van der Waals surface area (Å²) in [5.41, 5.74) is 1.18. The third-order valence-electron chi connectivity index (χ3n) is 3.61. The normalized spacial score (nSPS) is 10.8. The number of sulfonamides is 1. The topological polar surface area (TPSA) is 114 Å². The van der Waals surface area contributed by atoms with Crippen LogP contribution in [0.5, 0.6) is 5.75 Å². The summed E-state index contributed by atoms with van der Waals surface area (Å²) in [5.74, 6) is -0.0793. The van der Waals surface area contributed by atoms with Crippen LogP contribution in [0.4, 0.5) is 17.1 Å². The largest absolute Gasteiger partial charge is 0.492 e. The highest BCUT2D eigenvalue weighted by Gasteiger charge is 2.18. The van der Waals surface area contributed by atoms with E-state index in [9.17, 15) is 18.0 Å². The van der Waals surface area contributed by atoms with Gasteiger partial charge in [0, 0.05) is 24.7 Å². The van der Waals surface area contributed by atoms with E-state index in [2.05, 4.69) is 15.4 Å². The first-order valence-electron chi connectivity index (χ1n) is 8.72. The zero-order valence-electron chi connectivity index (χ0n) is 15.9. The molecule has 0 radical (unpaired) electrons. The second-order valence-corrected chi connectivity index (χ2v) is 7.54. The summed E-state index contributed by atoms with van der Waals surface area (Å²) < 4.78 is 33.3. The van der Waals surface area contributed by atoms with Crippen molar-refractivity contribution in [1.82, 2.24) is 0 Å². The fraction of sp³-hybridized carbons (Fsp3) is 0.263. The van der Waals surface area contributed by atoms with Crippen LogP contribution < -0.4 is 20.1 Å². The third kappa shape index (κ3) is 5.71. The van der Waals surface area contributed by atoms with E-state index in [1.165, 1.54) is 37.3 Å². The van der Waals surface area contributed by atoms with Gasteiger partial charge < -0.3 is 15.4 Å². The van der Waals surface area contributed by atoms with Crippen molar-refractivity contribution in [2.75, 3.05) is 22.0 Å². The van der Waals surface area contributed by atoms with Crippen LogP contribution in [0.1, 0.15) is 27.2 Å². The summed E-state index contributed by atoms with van der Waals surface area (Å²) in [5, 5.41) is 5.26. The van der Waals surface area contributed by atoms with Crippen LogP contribution in [-0.2, 0) is 19.6 Å². The summed E-state index contributed by atoms with van der Waals surface area (Å²) >= 11 is 0. The van der Waals surface area contributed by atoms with Crippen molar-refractivity contribution >= 4 is 38.9 Å². The highest BCUT2D eigenvalue weighted by molar-refractivity contribution is 7.92. The number of benzene rings is 2. The Labute approximate surface area is 164 Å². The van der Waals surface area contributed by atoms with E-state index in [-0.39, 0.29) is 28.8 Å². The monoisotopic (exact) mass is 405 g/mol. The lowest BCUT2D eigenvalue weighted by Gasteiger charge is -2.14. The molecule has 9 heteroatoms. The Hall–Kier alpha value is -3.07. The maximum atomic E-state index is 12.7. The van der Waals surface area contributed by atoms with Gasteiger partial charge in [-0.25, -0.2) is 8.42 Å². The third-order valence-corrected chi connectivity index (χ3v) is 4.99. The van der Waals surface area contributed by atoms with Crippen molar-refractivity contribution < 1.29 is 22.7 Å². The molecule has 0 aliphatic heterocycles. The number of rotatable bonds is 8. The highest BCUT2D eigenvalue weighted by atomic mass is 32.2. The lowest BCUT2D eigenvalue weighted by molar-refractivity contribution is -0.116. The minimum absolute atomic E-state index is 0.0201. The van der Waals surface area contributed by atoms with Crippen molar-refractivity contribution in [3.05, 3.63) is 42.5 Å². The molecule has 0 aliphatic rings. The molecule has 0 fully saturated rings. The van der Waals surface area contributed by atoms with Crippen molar-refractivity contribution in [3.8, 4) is 5.75 Å². The van der Waals surface area contributed by atoms with Gasteiger partial charge >= 0.3 is 0 Å². The molecule has 2 aromatic rings. The Morgan fingerprint density at radius 1 is 0.964 bits per heavy atom. The minimum Gasteiger partial charge on any atom is -0.492 e. The molecule has 150 valence electrons. The molecule has 2 aromatic carbocycles. The van der Waals surface area contributed by atoms with Crippen molar-refractivity contribution in [1.29, 1.82) is 0 Å². The molecule has 0 atom stereocenters. The van der Waals surface area contributed by atoms with Gasteiger partial charge in [0.1, 0.15) is 5.75 Å². The number of amides is 2. The van der Waals surface area contributed by atoms with Crippen molar-refractivity contribution in [2.24, 2.45) is 0 Å². The summed E-state index contributed by atoms with van der Waals surface area (Å²) in [6.45, 7) is 5.25. The average Bonchev–Trinajstić information content (AvgIpc) is 2.64. The van der Waals surface area contributed by atoms with Crippen molar-refractivity contribution in [3.63, 3.8) is 0 Å². The molecule has 3 N–H and O–H groups in total. The molecule has 0 heterocycles. The number of ether oxygens (including phenoxy) is 1. The second kappa shape index (κ2) is 9.23. The van der Waals surface area contributed by atoms with Crippen LogP contribution in [0.3, 0.4) is 0 Å². The SMILES string of the molecule is CCOc1ccc(S(=O)(=O)Nc2ccc(NC(C)=O)cc2)cc1NC(=O)CC. The van der Waals surface area contributed by atoms with E-state index in [0.29, 0.717) is 23.7 Å². The summed E-state index contributed by atoms with van der Waals surface area (Å²) in [4.78, 5) is 22.8. The zero-order chi connectivity index (χ0) is 20.7. The molecule has 0 aliphatic carbocycles. The zero-order valence-corrected chi connectivity index (χ0v) is 16.7. The predicted molar refractivity (Wildman–Crippen MR) is 108 cm³/mol. The Morgan fingerprint density at radius 3 is 2.18 bits per heavy atom. The molecule has 0 saturated heterocycles. The van der Waals surface area contributed by atoms with E-state index >= 15 is 0 Å². The van der Waals surface area contributed by atoms with Gasteiger partial charge in [-0.15, -0.1) is 0 Å². The van der Waals surface area contributed by atoms with Crippen LogP contribution in [0.25, 0.3) is 0 Å². The van der Waals surface area contributed by atoms with Crippen LogP contribution in [0.15, 0.2) is 47.4 Å². The second-order valence-electron chi connectivity index (χ2n) is 5.86. The van der Waals surface area contributed by atoms with E-state index < -0.39 is 10.0 Å². The molecule has 28 heavy (non-hydrogen) atoms. The van der Waals surface area contributed by atoms with Gasteiger partial charge in [0.25, 0.3) is 10.0 Å². The quantitative estimate of drug-likeness (QED) is 0.624. The minimum atomic E-state index is -3.89. The number of nitrogens with one attached hydrogen (secondary N) is 3. The van der Waals surface area contributed by atoms with Gasteiger partial charge in [-0.05, 0) is 49.4 Å². The molecule has 0 bridgehead atoms. The first-order chi connectivity index (χ1) is 13.2. The molecule has 2 amide bonds. The predicted octanol–water partition coefficient (Wildman–Crippen LogP) is 3.19. The van der Waals surface area contributed by atoms with Gasteiger partial charge in [0.2, 0.25) is 11.8 Å². The van der Waals surface area contributed by atoms with E-state index in [1.54, 1.807) is 26.0 Å². The van der Waals surface area contributed by atoms with Gasteiger partial charge in [0.05, 0.1) is 17.2 Å². The smallest absolute Gasteiger partial charge is 0.261 e. The molecule has 2 rings (SSSR count). The maximum absolute atomic E-state index is 12.7. The van der Waals surface area contributed by atoms with Crippen LogP contribution in [0.2, 0.25) is 0 Å². The standard InChI is InChI=1S/C19H23N3O5S/c1-4-19(24)21-17-12-16(10-11-18(17)27-5-2)28(25,26)22-15-8-6-14(7-9-15)20-13(3)23/h6-12,22H,4-5H2,1-3H3,(H,20,23)(H,21,24). The number of anilines is 3. The Balaban J connectivity index is 2.27. The van der Waals surface area contributed by atoms with Crippen LogP contribution >= 0.6 is 0 Å². The Kier molecular flexibility index (Phi) is 7.00. The van der Waals surface area contributed by atoms with Gasteiger partial charge in [-0.1, -0.05) is 6.92 Å². The average molecular weight is 405 g/mol. The fourth-order valence-electron chi connectivity index (χ4n) is 2.33. The molecule has 0 unspecified atom stereocenters. The van der Waals surface area contributed by atoms with Gasteiger partial charge in [-0.3, -0.25) is 14.3 Å². The van der Waals surface area contributed by atoms with Gasteiger partial charge in [0.15, 0.2) is 0 Å². The van der Waals surface area contributed by atoms with E-state index in [4.69, 9.17) is 4.74 Å². The fourth-order valence-corrected chi connectivity index (χ4v) is 3.42. The summed E-state index contributed by atoms with van der Waals surface area (Å²) in [7, 11) is -3.89. The lowest BCUT2D eigenvalue weighted by atomic mass is 10.3. The molecule has 0 spiro atoms. The Bertz CT molecular complexity index is 956. The van der Waals surface area contributed by atoms with Gasteiger partial charge in [-0.2, -0.15) is 0 Å². The van der Waals surface area contributed by atoms with E-state index in [1.807, 2.05) is 0 Å². The first kappa shape index (κ1) is 21.2. The number of carbonyl (C=O) groups excluding carboxylic acids is 2. The van der Waals surface area contributed by atoms with Crippen LogP contribution in [-0.4, -0.2) is 26.8 Å². The lowest BCUT2D eigenvalue weighted by Crippen LogP contribution is -2.15. The summed E-state index contributed by atoms with van der Waals surface area (Å²) in [6, 6.07) is 10.5. The number of carbonyl (C=O) groups is 2. The molecule has 0 aromatic heterocycles. The number of hydrogen-bond donors (Lipinski definition) is 3. The van der Waals surface area contributed by atoms with E-state index in [0.717, 1.165) is 0 Å². The number of hydrogen-bond acceptors (Lipinski definition) is 5. The highest BCUT2D eigenvalue weighted by Crippen LogP contribution is 2.29. The van der Waals surface area contributed by atoms with Crippen LogP contribution in [0, 0.1) is 0 Å².